The largest absolute Gasteiger partial charge is 0.352 e. The Kier molecular flexibility index (Phi) is 5.09. The van der Waals surface area contributed by atoms with Gasteiger partial charge in [-0.25, -0.2) is 0 Å². The van der Waals surface area contributed by atoms with Gasteiger partial charge in [-0.2, -0.15) is 0 Å². The predicted octanol–water partition coefficient (Wildman–Crippen LogP) is 2.91. The highest BCUT2D eigenvalue weighted by molar-refractivity contribution is 5.78. The van der Waals surface area contributed by atoms with E-state index in [0.717, 1.165) is 22.3 Å². The van der Waals surface area contributed by atoms with Crippen LogP contribution in [0.1, 0.15) is 11.1 Å². The molecule has 0 aliphatic heterocycles. The summed E-state index contributed by atoms with van der Waals surface area (Å²) in [5, 5.41) is 2.93. The Morgan fingerprint density at radius 2 is 1.56 bits per heavy atom. The van der Waals surface area contributed by atoms with Gasteiger partial charge in [0, 0.05) is 25.9 Å². The van der Waals surface area contributed by atoms with E-state index >= 15 is 0 Å². The molecule has 0 unspecified atom stereocenters. The van der Waals surface area contributed by atoms with Crippen LogP contribution >= 0.6 is 0 Å². The molecule has 0 atom stereocenters. The zero-order chi connectivity index (χ0) is 17.6. The number of pyridine rings is 1. The number of amides is 1. The number of nitrogens with zero attached hydrogens (tertiary/aromatic N) is 1. The molecular formula is C21H20N2O2. The number of aryl methyl sites for hydroxylation is 1. The number of hydrogen-bond donors (Lipinski definition) is 1. The Morgan fingerprint density at radius 1 is 0.880 bits per heavy atom. The number of rotatable bonds is 5. The van der Waals surface area contributed by atoms with Gasteiger partial charge in [0.05, 0.1) is 6.42 Å². The van der Waals surface area contributed by atoms with E-state index in [0.29, 0.717) is 13.0 Å². The molecule has 1 heterocycles. The molecule has 1 aromatic heterocycles. The molecule has 4 nitrogen and oxygen atoms in total. The normalized spacial score (nSPS) is 10.4. The summed E-state index contributed by atoms with van der Waals surface area (Å²) in [6.07, 6.45) is 2.16. The maximum atomic E-state index is 12.1. The molecule has 1 N–H and O–H groups in total. The SMILES string of the molecule is Cn1cc(-c2ccc(CC(=O)NCc3ccccc3)cc2)ccc1=O. The molecule has 0 fully saturated rings. The van der Waals surface area contributed by atoms with Crippen LogP contribution in [0.5, 0.6) is 0 Å². The number of nitrogens with one attached hydrogen (secondary N) is 1. The molecule has 0 aliphatic carbocycles. The standard InChI is InChI=1S/C21H20N2O2/c1-23-15-19(11-12-21(23)25)18-9-7-16(8-10-18)13-20(24)22-14-17-5-3-2-4-6-17/h2-12,15H,13-14H2,1H3,(H,22,24). The number of hydrogen-bond acceptors (Lipinski definition) is 2. The highest BCUT2D eigenvalue weighted by Crippen LogP contribution is 2.18. The summed E-state index contributed by atoms with van der Waals surface area (Å²) in [5.74, 6) is -0.00119. The third-order valence-corrected chi connectivity index (χ3v) is 4.07. The second-order valence-electron chi connectivity index (χ2n) is 6.00. The first-order valence-electron chi connectivity index (χ1n) is 8.18. The first-order valence-corrected chi connectivity index (χ1v) is 8.18. The smallest absolute Gasteiger partial charge is 0.250 e. The van der Waals surface area contributed by atoms with Crippen LogP contribution in [0.25, 0.3) is 11.1 Å². The van der Waals surface area contributed by atoms with E-state index in [1.54, 1.807) is 17.7 Å². The van der Waals surface area contributed by atoms with Crippen molar-refractivity contribution in [3.8, 4) is 11.1 Å². The maximum absolute atomic E-state index is 12.1. The first-order chi connectivity index (χ1) is 12.1. The van der Waals surface area contributed by atoms with E-state index in [-0.39, 0.29) is 11.5 Å². The van der Waals surface area contributed by atoms with Crippen molar-refractivity contribution in [1.82, 2.24) is 9.88 Å². The van der Waals surface area contributed by atoms with Crippen LogP contribution in [0, 0.1) is 0 Å². The monoisotopic (exact) mass is 332 g/mol. The Labute approximate surface area is 146 Å². The van der Waals surface area contributed by atoms with Crippen LogP contribution in [0.15, 0.2) is 77.7 Å². The summed E-state index contributed by atoms with van der Waals surface area (Å²) in [5.41, 5.74) is 4.00. The third-order valence-electron chi connectivity index (χ3n) is 4.07. The minimum absolute atomic E-state index is 0.00119. The molecule has 0 aliphatic rings. The minimum Gasteiger partial charge on any atom is -0.352 e. The van der Waals surface area contributed by atoms with Gasteiger partial charge in [-0.15, -0.1) is 0 Å². The predicted molar refractivity (Wildman–Crippen MR) is 99.1 cm³/mol. The minimum atomic E-state index is -0.0320. The van der Waals surface area contributed by atoms with Crippen LogP contribution < -0.4 is 10.9 Å². The molecule has 0 spiro atoms. The van der Waals surface area contributed by atoms with Crippen LogP contribution in [0.3, 0.4) is 0 Å². The molecule has 4 heteroatoms. The van der Waals surface area contributed by atoms with E-state index in [2.05, 4.69) is 5.32 Å². The summed E-state index contributed by atoms with van der Waals surface area (Å²) in [6, 6.07) is 21.1. The molecule has 2 aromatic carbocycles. The van der Waals surface area contributed by atoms with E-state index in [9.17, 15) is 9.59 Å². The lowest BCUT2D eigenvalue weighted by molar-refractivity contribution is -0.120. The Balaban J connectivity index is 1.61. The van der Waals surface area contributed by atoms with Crippen LogP contribution in [0.2, 0.25) is 0 Å². The van der Waals surface area contributed by atoms with E-state index in [1.165, 1.54) is 0 Å². The second-order valence-corrected chi connectivity index (χ2v) is 6.00. The lowest BCUT2D eigenvalue weighted by Crippen LogP contribution is -2.24. The quantitative estimate of drug-likeness (QED) is 0.781. The summed E-state index contributed by atoms with van der Waals surface area (Å²) in [7, 11) is 1.73. The van der Waals surface area contributed by atoms with Gasteiger partial charge in [-0.3, -0.25) is 9.59 Å². The van der Waals surface area contributed by atoms with Crippen molar-refractivity contribution in [2.75, 3.05) is 0 Å². The summed E-state index contributed by atoms with van der Waals surface area (Å²) >= 11 is 0. The maximum Gasteiger partial charge on any atom is 0.250 e. The Bertz CT molecular complexity index is 913. The van der Waals surface area contributed by atoms with E-state index < -0.39 is 0 Å². The summed E-state index contributed by atoms with van der Waals surface area (Å²) in [6.45, 7) is 0.538. The molecular weight excluding hydrogens is 312 g/mol. The lowest BCUT2D eigenvalue weighted by Gasteiger charge is -2.07. The van der Waals surface area contributed by atoms with Gasteiger partial charge in [0.1, 0.15) is 0 Å². The van der Waals surface area contributed by atoms with E-state index in [4.69, 9.17) is 0 Å². The molecule has 0 saturated carbocycles. The summed E-state index contributed by atoms with van der Waals surface area (Å²) < 4.78 is 1.56. The van der Waals surface area contributed by atoms with Crippen LogP contribution in [0.4, 0.5) is 0 Å². The van der Waals surface area contributed by atoms with Crippen molar-refractivity contribution in [3.05, 3.63) is 94.4 Å². The van der Waals surface area contributed by atoms with Gasteiger partial charge in [-0.1, -0.05) is 54.6 Å². The van der Waals surface area contributed by atoms with Crippen LogP contribution in [-0.4, -0.2) is 10.5 Å². The fourth-order valence-electron chi connectivity index (χ4n) is 2.62. The molecule has 0 saturated heterocycles. The van der Waals surface area contributed by atoms with Gasteiger partial charge in [0.2, 0.25) is 11.5 Å². The van der Waals surface area contributed by atoms with Crippen molar-refractivity contribution >= 4 is 5.91 Å². The van der Waals surface area contributed by atoms with Gasteiger partial charge < -0.3 is 9.88 Å². The average molecular weight is 332 g/mol. The summed E-state index contributed by atoms with van der Waals surface area (Å²) in [4.78, 5) is 23.5. The van der Waals surface area contributed by atoms with Crippen LogP contribution in [-0.2, 0) is 24.8 Å². The van der Waals surface area contributed by atoms with Gasteiger partial charge >= 0.3 is 0 Å². The molecule has 25 heavy (non-hydrogen) atoms. The Hall–Kier alpha value is -3.14. The van der Waals surface area contributed by atoms with Crippen molar-refractivity contribution in [3.63, 3.8) is 0 Å². The zero-order valence-corrected chi connectivity index (χ0v) is 14.1. The number of carbonyl (C=O) groups excluding carboxylic acids is 1. The highest BCUT2D eigenvalue weighted by Gasteiger charge is 2.05. The van der Waals surface area contributed by atoms with E-state index in [1.807, 2.05) is 66.9 Å². The molecule has 0 bridgehead atoms. The van der Waals surface area contributed by atoms with Crippen molar-refractivity contribution < 1.29 is 4.79 Å². The number of aromatic nitrogens is 1. The highest BCUT2D eigenvalue weighted by atomic mass is 16.1. The zero-order valence-electron chi connectivity index (χ0n) is 14.1. The van der Waals surface area contributed by atoms with Gasteiger partial charge in [-0.05, 0) is 28.3 Å². The molecule has 3 rings (SSSR count). The lowest BCUT2D eigenvalue weighted by atomic mass is 10.0. The molecule has 3 aromatic rings. The van der Waals surface area contributed by atoms with Crippen molar-refractivity contribution in [2.45, 2.75) is 13.0 Å². The molecule has 1 amide bonds. The fraction of sp³-hybridized carbons (Fsp3) is 0.143. The first kappa shape index (κ1) is 16.7. The molecule has 126 valence electrons. The van der Waals surface area contributed by atoms with Gasteiger partial charge in [0.25, 0.3) is 0 Å². The second kappa shape index (κ2) is 7.62. The fourth-order valence-corrected chi connectivity index (χ4v) is 2.62. The van der Waals surface area contributed by atoms with Gasteiger partial charge in [0.15, 0.2) is 0 Å². The number of carbonyl (C=O) groups is 1. The Morgan fingerprint density at radius 3 is 2.24 bits per heavy atom. The van der Waals surface area contributed by atoms with Crippen molar-refractivity contribution in [2.24, 2.45) is 7.05 Å². The third kappa shape index (κ3) is 4.44. The number of benzene rings is 2. The topological polar surface area (TPSA) is 51.1 Å². The average Bonchev–Trinajstić information content (AvgIpc) is 2.64. The molecule has 0 radical (unpaired) electrons. The van der Waals surface area contributed by atoms with Crippen molar-refractivity contribution in [1.29, 1.82) is 0 Å².